The van der Waals surface area contributed by atoms with Crippen LogP contribution in [0, 0.1) is 82.9 Å². The molecule has 3 heterocycles. The van der Waals surface area contributed by atoms with Gasteiger partial charge in [0.05, 0.1) is 118 Å². The van der Waals surface area contributed by atoms with Crippen molar-refractivity contribution in [3.05, 3.63) is 583 Å². The van der Waals surface area contributed by atoms with Gasteiger partial charge >= 0.3 is 0 Å². The molecule has 0 aliphatic carbocycles. The molecule has 0 fully saturated rings. The number of aromatic nitrogens is 3. The van der Waals surface area contributed by atoms with E-state index in [9.17, 15) is 26.3 Å². The molecule has 0 saturated heterocycles. The molecule has 0 unspecified atom stereocenters. The summed E-state index contributed by atoms with van der Waals surface area (Å²) in [7, 11) is -8.55. The van der Waals surface area contributed by atoms with E-state index in [1.165, 1.54) is 51.9 Å². The number of hydrogen-bond donors (Lipinski definition) is 0. The van der Waals surface area contributed by atoms with Gasteiger partial charge in [0.1, 0.15) is 0 Å². The van der Waals surface area contributed by atoms with Crippen LogP contribution in [-0.2, 0) is 0 Å². The van der Waals surface area contributed by atoms with Gasteiger partial charge in [0, 0.05) is 33.2 Å². The Hall–Kier alpha value is -20.9. The summed E-state index contributed by atoms with van der Waals surface area (Å²) >= 11 is 0. The van der Waals surface area contributed by atoms with Gasteiger partial charge in [-0.3, -0.25) is 0 Å². The Morgan fingerprint density at radius 3 is 0.773 bits per heavy atom. The van der Waals surface area contributed by atoms with Gasteiger partial charge in [-0.15, -0.1) is 0 Å². The van der Waals surface area contributed by atoms with E-state index in [2.05, 4.69) is 427 Å². The van der Waals surface area contributed by atoms with Crippen molar-refractivity contribution in [2.24, 2.45) is 0 Å². The maximum absolute atomic E-state index is 10.00. The lowest BCUT2D eigenvalue weighted by molar-refractivity contribution is 1.18. The molecule has 0 atom stereocenters. The lowest BCUT2D eigenvalue weighted by Gasteiger charge is -2.36. The first-order valence-electron chi connectivity index (χ1n) is 49.0. The first kappa shape index (κ1) is 94.0. The first-order chi connectivity index (χ1) is 73.9. The van der Waals surface area contributed by atoms with Gasteiger partial charge in [0.2, 0.25) is 0 Å². The summed E-state index contributed by atoms with van der Waals surface area (Å²) in [6.07, 6.45) is 0. The highest BCUT2D eigenvalue weighted by molar-refractivity contribution is 7.21. The number of rotatable bonds is 18. The van der Waals surface area contributed by atoms with Crippen LogP contribution in [0.4, 0.5) is 22.7 Å². The van der Waals surface area contributed by atoms with Crippen LogP contribution >= 0.6 is 0 Å². The predicted molar refractivity (Wildman–Crippen MR) is 618 cm³/mol. The lowest BCUT2D eigenvalue weighted by atomic mass is 10.1. The third-order valence-electron chi connectivity index (χ3n) is 28.8. The maximum atomic E-state index is 10.00. The van der Waals surface area contributed by atoms with E-state index in [0.29, 0.717) is 50.6 Å². The van der Waals surface area contributed by atoms with Crippen LogP contribution in [0.25, 0.3) is 135 Å². The van der Waals surface area contributed by atoms with Gasteiger partial charge in [-0.1, -0.05) is 363 Å². The molecule has 0 aliphatic rings. The molecule has 24 rings (SSSR count). The summed E-state index contributed by atoms with van der Waals surface area (Å²) in [4.78, 5) is 14.8. The van der Waals surface area contributed by atoms with E-state index in [1.54, 1.807) is 0 Å². The molecule has 0 amide bonds. The smallest absolute Gasteiger partial charge is 0.188 e. The summed E-state index contributed by atoms with van der Waals surface area (Å²) in [5.41, 5.74) is 20.9. The Morgan fingerprint density at radius 2 is 0.420 bits per heavy atom. The van der Waals surface area contributed by atoms with Crippen LogP contribution in [0.2, 0.25) is 0 Å². The minimum absolute atomic E-state index is 0.565. The summed E-state index contributed by atoms with van der Waals surface area (Å²) in [6, 6.07) is 187. The molecule has 15 heteroatoms. The molecule has 24 aromatic rings. The summed E-state index contributed by atoms with van der Waals surface area (Å²) in [5, 5.41) is 69.2. The summed E-state index contributed by atoms with van der Waals surface area (Å²) < 4.78 is 6.60. The highest BCUT2D eigenvalue weighted by atomic mass is 28.3. The van der Waals surface area contributed by atoms with E-state index in [4.69, 9.17) is 26.3 Å². The summed E-state index contributed by atoms with van der Waals surface area (Å²) in [6.45, 7) is 30.4. The molecule has 150 heavy (non-hydrogen) atoms. The molecule has 696 valence electrons. The molecule has 0 N–H and O–H groups in total. The second-order valence-electron chi connectivity index (χ2n) is 36.8. The van der Waals surface area contributed by atoms with Crippen molar-refractivity contribution in [2.75, 3.05) is 0 Å². The standard InChI is InChI=1S/3C45H28N4Si/c1-47-35-10-9-15-41(29-35)50(38-11-5-3-6-12-38,39-13-7-4-8-14-39)40-24-19-34(20-25-40)33-17-22-37(23-18-33)49-44-26-16-32(31-46)28-42(44)43-30-36(48-2)21-27-45(43)49;1-48-36-21-25-45-43(29-36)42-27-33(31-47)18-24-44(42)49(45)37-22-19-34(20-23-37)35-11-9-17-41(28-35)50(38-12-4-2-5-13-38,39-14-6-3-7-15-39)40-16-8-10-32(26-40)30-46;1-48-35-22-26-44-42(29-35)41-28-33(31-47)19-25-43(41)49(44)36-23-20-34(21-24-36)40-17-8-9-18-45(40)50(37-12-4-2-5-13-37,38-14-6-3-7-15-38)39-16-10-11-32(27-39)30-46/h3-30H;2*2-29H. The van der Waals surface area contributed by atoms with Crippen molar-refractivity contribution in [1.82, 2.24) is 13.7 Å². The van der Waals surface area contributed by atoms with Gasteiger partial charge in [0.25, 0.3) is 0 Å². The van der Waals surface area contributed by atoms with Gasteiger partial charge in [-0.2, -0.15) is 26.3 Å². The average Bonchev–Trinajstić information content (AvgIpc) is 1.10. The molecule has 0 radical (unpaired) electrons. The highest BCUT2D eigenvalue weighted by Gasteiger charge is 2.46. The highest BCUT2D eigenvalue weighted by Crippen LogP contribution is 2.41. The van der Waals surface area contributed by atoms with Crippen molar-refractivity contribution in [3.8, 4) is 80.8 Å². The van der Waals surface area contributed by atoms with Crippen molar-refractivity contribution < 1.29 is 0 Å². The van der Waals surface area contributed by atoms with E-state index in [-0.39, 0.29) is 0 Å². The van der Waals surface area contributed by atoms with Crippen molar-refractivity contribution >= 4 is 175 Å². The third-order valence-corrected chi connectivity index (χ3v) is 43.2. The largest absolute Gasteiger partial charge is 0.309 e. The number of hydrogen-bond acceptors (Lipinski definition) is 5. The quantitative estimate of drug-likeness (QED) is 0.0476. The molecular weight excluding hydrogens is 1870 g/mol. The van der Waals surface area contributed by atoms with E-state index >= 15 is 0 Å². The number of fused-ring (bicyclic) bond motifs is 9. The SMILES string of the molecule is [C-]#[N+]c1ccc2c(c1)c1cc(C#N)ccc1n2-c1ccc(-c2cccc([Si](c3ccccc3)(c3ccccc3)c3cccc(C#N)c3)c2)cc1.[C-]#[N+]c1ccc2c(c1)c1cc(C#N)ccc1n2-c1ccc(-c2ccccc2[Si](c2ccccc2)(c2ccccc2)c2cccc(C#N)c2)cc1.[C-]#[N+]c1cccc([Si](c2ccccc2)(c2ccccc2)c2ccc(-c3ccc(-n4c5ccc(C#N)cc5c5cc([N+]#[C-])ccc54)cc3)cc2)c1. The van der Waals surface area contributed by atoms with E-state index in [1.807, 2.05) is 146 Å². The fraction of sp³-hybridized carbons (Fsp3) is 0. The molecule has 0 saturated carbocycles. The van der Waals surface area contributed by atoms with Gasteiger partial charge in [-0.25, -0.2) is 19.4 Å². The Kier molecular flexibility index (Phi) is 25.6. The monoisotopic (exact) mass is 1960 g/mol. The predicted octanol–water partition coefficient (Wildman–Crippen LogP) is 25.0. The zero-order valence-electron chi connectivity index (χ0n) is 80.9. The minimum Gasteiger partial charge on any atom is -0.309 e. The van der Waals surface area contributed by atoms with Gasteiger partial charge in [0.15, 0.2) is 47.0 Å². The lowest BCUT2D eigenvalue weighted by Crippen LogP contribution is -2.75. The third kappa shape index (κ3) is 16.9. The zero-order chi connectivity index (χ0) is 102. The molecule has 21 aromatic carbocycles. The maximum Gasteiger partial charge on any atom is 0.188 e. The van der Waals surface area contributed by atoms with Gasteiger partial charge in [-0.05, 0) is 258 Å². The fourth-order valence-corrected chi connectivity index (χ4v) is 36.7. The number of nitriles is 5. The molecule has 0 aliphatic heterocycles. The van der Waals surface area contributed by atoms with Crippen LogP contribution in [-0.4, -0.2) is 37.9 Å². The second-order valence-corrected chi connectivity index (χ2v) is 48.2. The molecule has 0 spiro atoms. The normalized spacial score (nSPS) is 11.1. The fourth-order valence-electron chi connectivity index (χ4n) is 22.1. The average molecular weight is 1960 g/mol. The Balaban J connectivity index is 0.000000127. The molecule has 12 nitrogen and oxygen atoms in total. The second kappa shape index (κ2) is 40.8. The van der Waals surface area contributed by atoms with Crippen molar-refractivity contribution in [1.29, 1.82) is 26.3 Å². The van der Waals surface area contributed by atoms with Crippen LogP contribution in [0.5, 0.6) is 0 Å². The van der Waals surface area contributed by atoms with E-state index in [0.717, 1.165) is 126 Å². The summed E-state index contributed by atoms with van der Waals surface area (Å²) in [5.74, 6) is 0. The molecule has 3 aromatic heterocycles. The molecular formula is C135H84N12Si3. The Bertz CT molecular complexity index is 9460. The van der Waals surface area contributed by atoms with Gasteiger partial charge < -0.3 is 13.7 Å². The first-order valence-corrected chi connectivity index (χ1v) is 55.0. The number of benzene rings is 21. The van der Waals surface area contributed by atoms with Crippen LogP contribution < -0.4 is 62.2 Å². The number of nitrogens with zero attached hydrogens (tertiary/aromatic N) is 12. The van der Waals surface area contributed by atoms with Crippen LogP contribution in [0.15, 0.2) is 510 Å². The zero-order valence-corrected chi connectivity index (χ0v) is 83.9. The topological polar surface area (TPSA) is 151 Å². The molecule has 0 bridgehead atoms. The Morgan fingerprint density at radius 1 is 0.173 bits per heavy atom. The Labute approximate surface area is 872 Å². The minimum atomic E-state index is -2.94. The van der Waals surface area contributed by atoms with Crippen molar-refractivity contribution in [3.63, 3.8) is 0 Å². The van der Waals surface area contributed by atoms with Crippen LogP contribution in [0.1, 0.15) is 27.8 Å². The van der Waals surface area contributed by atoms with E-state index < -0.39 is 24.2 Å². The van der Waals surface area contributed by atoms with Crippen LogP contribution in [0.3, 0.4) is 0 Å². The van der Waals surface area contributed by atoms with Crippen molar-refractivity contribution in [2.45, 2.75) is 0 Å².